The minimum Gasteiger partial charge on any atom is -0.382 e. The molecule has 0 radical (unpaired) electrons. The molecule has 0 saturated heterocycles. The molecule has 4 aliphatic rings. The van der Waals surface area contributed by atoms with Gasteiger partial charge in [-0.05, 0) is 74.1 Å². The van der Waals surface area contributed by atoms with Gasteiger partial charge in [0.25, 0.3) is 0 Å². The van der Waals surface area contributed by atoms with Crippen LogP contribution in [-0.4, -0.2) is 10.9 Å². The summed E-state index contributed by atoms with van der Waals surface area (Å²) < 4.78 is 13.0. The fourth-order valence-corrected chi connectivity index (χ4v) is 5.51. The molecule has 4 fully saturated rings. The fourth-order valence-electron chi connectivity index (χ4n) is 4.90. The Morgan fingerprint density at radius 2 is 1.68 bits per heavy atom. The average Bonchev–Trinajstić information content (AvgIpc) is 2.34. The Balaban J connectivity index is 1.55. The molecule has 0 heterocycles. The summed E-state index contributed by atoms with van der Waals surface area (Å²) in [5.41, 5.74) is 1.04. The van der Waals surface area contributed by atoms with E-state index in [-0.39, 0.29) is 10.7 Å². The largest absolute Gasteiger partial charge is 0.382 e. The molecule has 2 atom stereocenters. The molecule has 0 amide bonds. The van der Waals surface area contributed by atoms with Crippen LogP contribution in [0.4, 0.5) is 10.1 Å². The third-order valence-corrected chi connectivity index (χ3v) is 5.84. The smallest absolute Gasteiger partial charge is 0.123 e. The maximum Gasteiger partial charge on any atom is 0.123 e. The predicted octanol–water partition coefficient (Wildman–Crippen LogP) is 4.42. The van der Waals surface area contributed by atoms with Gasteiger partial charge in [0.2, 0.25) is 0 Å². The minimum atomic E-state index is -0.171. The summed E-state index contributed by atoms with van der Waals surface area (Å²) >= 11 is 6.74. The van der Waals surface area contributed by atoms with Crippen LogP contribution in [0.25, 0.3) is 0 Å². The monoisotopic (exact) mass is 279 g/mol. The zero-order chi connectivity index (χ0) is 13.0. The van der Waals surface area contributed by atoms with Crippen LogP contribution in [0.15, 0.2) is 24.3 Å². The molecule has 19 heavy (non-hydrogen) atoms. The predicted molar refractivity (Wildman–Crippen MR) is 75.9 cm³/mol. The molecular weight excluding hydrogens is 261 g/mol. The van der Waals surface area contributed by atoms with Gasteiger partial charge in [0, 0.05) is 16.6 Å². The van der Waals surface area contributed by atoms with E-state index in [2.05, 4.69) is 5.32 Å². The maximum absolute atomic E-state index is 13.0. The number of nitrogens with one attached hydrogen (secondary N) is 1. The van der Waals surface area contributed by atoms with Crippen molar-refractivity contribution in [2.24, 2.45) is 17.8 Å². The van der Waals surface area contributed by atoms with Crippen molar-refractivity contribution >= 4 is 17.3 Å². The molecule has 0 aromatic heterocycles. The molecule has 4 aliphatic carbocycles. The van der Waals surface area contributed by atoms with Crippen LogP contribution in [0.1, 0.15) is 32.1 Å². The summed E-state index contributed by atoms with van der Waals surface area (Å²) in [6, 6.07) is 7.28. The number of alkyl halides is 1. The number of benzene rings is 1. The Bertz CT molecular complexity index is 470. The minimum absolute atomic E-state index is 0.0947. The van der Waals surface area contributed by atoms with Crippen molar-refractivity contribution in [2.75, 3.05) is 5.32 Å². The summed E-state index contributed by atoms with van der Waals surface area (Å²) in [4.78, 5) is 0.0947. The molecule has 0 aliphatic heterocycles. The van der Waals surface area contributed by atoms with Crippen molar-refractivity contribution in [2.45, 2.75) is 43.0 Å². The van der Waals surface area contributed by atoms with E-state index in [9.17, 15) is 4.39 Å². The van der Waals surface area contributed by atoms with Crippen LogP contribution in [0.2, 0.25) is 0 Å². The number of rotatable bonds is 2. The van der Waals surface area contributed by atoms with Crippen molar-refractivity contribution in [1.29, 1.82) is 0 Å². The lowest BCUT2D eigenvalue weighted by Crippen LogP contribution is -2.56. The molecule has 4 bridgehead atoms. The Labute approximate surface area is 118 Å². The van der Waals surface area contributed by atoms with Gasteiger partial charge in [0.05, 0.1) is 0 Å². The standard InChI is InChI=1S/C16H19ClFN/c17-16-7-10-5-11(8-16)15(12(6-10)9-16)19-14-3-1-13(18)2-4-14/h1-4,10-12,15,19H,5-9H2. The highest BCUT2D eigenvalue weighted by Crippen LogP contribution is 2.58. The Morgan fingerprint density at radius 1 is 1.05 bits per heavy atom. The molecule has 1 aromatic rings. The first kappa shape index (κ1) is 12.0. The molecule has 1 N–H and O–H groups in total. The van der Waals surface area contributed by atoms with E-state index in [1.807, 2.05) is 12.1 Å². The molecule has 1 aromatic carbocycles. The van der Waals surface area contributed by atoms with Gasteiger partial charge in [-0.25, -0.2) is 4.39 Å². The number of hydrogen-bond donors (Lipinski definition) is 1. The summed E-state index contributed by atoms with van der Waals surface area (Å²) in [6.45, 7) is 0. The van der Waals surface area contributed by atoms with Crippen LogP contribution in [0, 0.1) is 23.6 Å². The Kier molecular flexibility index (Phi) is 2.60. The Morgan fingerprint density at radius 3 is 2.26 bits per heavy atom. The summed E-state index contributed by atoms with van der Waals surface area (Å²) in [6.07, 6.45) is 6.18. The van der Waals surface area contributed by atoms with Crippen molar-refractivity contribution < 1.29 is 4.39 Å². The maximum atomic E-state index is 13.0. The highest BCUT2D eigenvalue weighted by Gasteiger charge is 2.54. The van der Waals surface area contributed by atoms with E-state index >= 15 is 0 Å². The summed E-state index contributed by atoms with van der Waals surface area (Å²) in [5.74, 6) is 2.08. The second kappa shape index (κ2) is 4.12. The van der Waals surface area contributed by atoms with Gasteiger partial charge in [-0.15, -0.1) is 11.6 Å². The van der Waals surface area contributed by atoms with Crippen LogP contribution in [0.5, 0.6) is 0 Å². The van der Waals surface area contributed by atoms with E-state index in [1.165, 1.54) is 31.4 Å². The lowest BCUT2D eigenvalue weighted by molar-refractivity contribution is 0.0220. The van der Waals surface area contributed by atoms with Gasteiger partial charge in [-0.1, -0.05) is 0 Å². The first-order valence-corrected chi connectivity index (χ1v) is 7.70. The quantitative estimate of drug-likeness (QED) is 0.790. The SMILES string of the molecule is Fc1ccc(NC2C3CC4CC2CC(Cl)(C4)C3)cc1. The molecule has 102 valence electrons. The van der Waals surface area contributed by atoms with E-state index in [4.69, 9.17) is 11.6 Å². The van der Waals surface area contributed by atoms with E-state index in [0.717, 1.165) is 24.4 Å². The molecule has 5 rings (SSSR count). The number of halogens is 2. The Hall–Kier alpha value is -0.760. The lowest BCUT2D eigenvalue weighted by Gasteiger charge is -2.58. The summed E-state index contributed by atoms with van der Waals surface area (Å²) in [5, 5.41) is 3.64. The lowest BCUT2D eigenvalue weighted by atomic mass is 9.53. The fraction of sp³-hybridized carbons (Fsp3) is 0.625. The molecule has 2 unspecified atom stereocenters. The van der Waals surface area contributed by atoms with Crippen LogP contribution < -0.4 is 5.32 Å². The van der Waals surface area contributed by atoms with Crippen LogP contribution >= 0.6 is 11.6 Å². The highest BCUT2D eigenvalue weighted by atomic mass is 35.5. The zero-order valence-electron chi connectivity index (χ0n) is 10.9. The van der Waals surface area contributed by atoms with Crippen molar-refractivity contribution in [3.8, 4) is 0 Å². The zero-order valence-corrected chi connectivity index (χ0v) is 11.7. The van der Waals surface area contributed by atoms with Crippen molar-refractivity contribution in [3.05, 3.63) is 30.1 Å². The van der Waals surface area contributed by atoms with Crippen molar-refractivity contribution in [3.63, 3.8) is 0 Å². The average molecular weight is 280 g/mol. The molecular formula is C16H19ClFN. The first-order chi connectivity index (χ1) is 9.11. The summed E-state index contributed by atoms with van der Waals surface area (Å²) in [7, 11) is 0. The van der Waals surface area contributed by atoms with E-state index < -0.39 is 0 Å². The van der Waals surface area contributed by atoms with Crippen molar-refractivity contribution in [1.82, 2.24) is 0 Å². The second-order valence-electron chi connectivity index (χ2n) is 6.80. The molecule has 4 saturated carbocycles. The molecule has 0 spiro atoms. The third kappa shape index (κ3) is 2.05. The second-order valence-corrected chi connectivity index (χ2v) is 7.60. The van der Waals surface area contributed by atoms with Gasteiger partial charge in [-0.2, -0.15) is 0 Å². The van der Waals surface area contributed by atoms with E-state index in [1.54, 1.807) is 0 Å². The van der Waals surface area contributed by atoms with Gasteiger partial charge in [-0.3, -0.25) is 0 Å². The highest BCUT2D eigenvalue weighted by molar-refractivity contribution is 6.24. The topological polar surface area (TPSA) is 12.0 Å². The number of anilines is 1. The normalized spacial score (nSPS) is 43.5. The van der Waals surface area contributed by atoms with Gasteiger partial charge >= 0.3 is 0 Å². The number of hydrogen-bond acceptors (Lipinski definition) is 1. The first-order valence-electron chi connectivity index (χ1n) is 7.32. The molecule has 3 heteroatoms. The van der Waals surface area contributed by atoms with Crippen LogP contribution in [-0.2, 0) is 0 Å². The van der Waals surface area contributed by atoms with Gasteiger partial charge in [0.15, 0.2) is 0 Å². The third-order valence-electron chi connectivity index (χ3n) is 5.38. The van der Waals surface area contributed by atoms with E-state index in [0.29, 0.717) is 17.9 Å². The van der Waals surface area contributed by atoms with Crippen LogP contribution in [0.3, 0.4) is 0 Å². The van der Waals surface area contributed by atoms with Gasteiger partial charge < -0.3 is 5.32 Å². The van der Waals surface area contributed by atoms with Gasteiger partial charge in [0.1, 0.15) is 5.82 Å². The molecule has 1 nitrogen and oxygen atoms in total.